The lowest BCUT2D eigenvalue weighted by molar-refractivity contribution is 0.607. The number of nitrogens with zero attached hydrogens (tertiary/aromatic N) is 2. The summed E-state index contributed by atoms with van der Waals surface area (Å²) in [6.45, 7) is 4.18. The largest absolute Gasteiger partial charge is 0.327 e. The second kappa shape index (κ2) is 5.67. The average molecular weight is 263 g/mol. The summed E-state index contributed by atoms with van der Waals surface area (Å²) in [4.78, 5) is 0. The van der Waals surface area contributed by atoms with Crippen LogP contribution in [0.2, 0.25) is 0 Å². The molecule has 98 valence electrons. The molecular weight excluding hydrogens is 242 g/mol. The van der Waals surface area contributed by atoms with Gasteiger partial charge in [-0.15, -0.1) is 0 Å². The fourth-order valence-corrected chi connectivity index (χ4v) is 2.97. The van der Waals surface area contributed by atoms with Crippen LogP contribution in [-0.2, 0) is 19.9 Å². The van der Waals surface area contributed by atoms with Crippen molar-refractivity contribution >= 4 is 11.3 Å². The number of thiophene rings is 1. The molecule has 18 heavy (non-hydrogen) atoms. The smallest absolute Gasteiger partial charge is 0.0628 e. The number of aromatic nitrogens is 2. The molecule has 2 heterocycles. The lowest BCUT2D eigenvalue weighted by atomic mass is 10.00. The number of hydrogen-bond donors (Lipinski definition) is 1. The molecule has 1 atom stereocenters. The lowest BCUT2D eigenvalue weighted by Crippen LogP contribution is -2.24. The van der Waals surface area contributed by atoms with Gasteiger partial charge in [-0.05, 0) is 61.1 Å². The van der Waals surface area contributed by atoms with Crippen LogP contribution in [0.15, 0.2) is 16.8 Å². The van der Waals surface area contributed by atoms with Crippen molar-refractivity contribution in [2.45, 2.75) is 39.2 Å². The number of hydrogen-bond acceptors (Lipinski definition) is 3. The summed E-state index contributed by atoms with van der Waals surface area (Å²) in [7, 11) is 1.99. The topological polar surface area (TPSA) is 43.8 Å². The van der Waals surface area contributed by atoms with Crippen molar-refractivity contribution in [3.63, 3.8) is 0 Å². The van der Waals surface area contributed by atoms with Gasteiger partial charge in [0.05, 0.1) is 5.69 Å². The minimum Gasteiger partial charge on any atom is -0.327 e. The van der Waals surface area contributed by atoms with Gasteiger partial charge in [0.15, 0.2) is 0 Å². The van der Waals surface area contributed by atoms with Gasteiger partial charge < -0.3 is 5.73 Å². The van der Waals surface area contributed by atoms with Crippen LogP contribution in [0.1, 0.15) is 28.9 Å². The predicted octanol–water partition coefficient (Wildman–Crippen LogP) is 2.60. The zero-order valence-electron chi connectivity index (χ0n) is 11.3. The van der Waals surface area contributed by atoms with Crippen LogP contribution in [0.5, 0.6) is 0 Å². The molecule has 0 fully saturated rings. The van der Waals surface area contributed by atoms with Crippen LogP contribution >= 0.6 is 11.3 Å². The highest BCUT2D eigenvalue weighted by atomic mass is 32.1. The third-order valence-electron chi connectivity index (χ3n) is 3.51. The molecule has 2 rings (SSSR count). The highest BCUT2D eigenvalue weighted by molar-refractivity contribution is 7.07. The maximum Gasteiger partial charge on any atom is 0.0628 e. The Morgan fingerprint density at radius 3 is 2.78 bits per heavy atom. The summed E-state index contributed by atoms with van der Waals surface area (Å²) in [5.41, 5.74) is 11.3. The second-order valence-electron chi connectivity index (χ2n) is 4.91. The molecule has 0 saturated carbocycles. The standard InChI is InChI=1S/C14H21N3S/c1-10-14(11(2)17(3)16-10)8-13(15)5-4-12-6-7-18-9-12/h6-7,9,13H,4-5,8,15H2,1-3H3. The Labute approximate surface area is 113 Å². The van der Waals surface area contributed by atoms with E-state index in [2.05, 4.69) is 35.8 Å². The summed E-state index contributed by atoms with van der Waals surface area (Å²) in [6, 6.07) is 2.39. The third-order valence-corrected chi connectivity index (χ3v) is 4.24. The molecule has 2 aromatic heterocycles. The van der Waals surface area contributed by atoms with Crippen LogP contribution in [0.25, 0.3) is 0 Å². The van der Waals surface area contributed by atoms with E-state index in [4.69, 9.17) is 5.73 Å². The van der Waals surface area contributed by atoms with Crippen LogP contribution in [-0.4, -0.2) is 15.8 Å². The van der Waals surface area contributed by atoms with Crippen molar-refractivity contribution in [3.8, 4) is 0 Å². The number of aryl methyl sites for hydroxylation is 3. The lowest BCUT2D eigenvalue weighted by Gasteiger charge is -2.11. The fourth-order valence-electron chi connectivity index (χ4n) is 2.26. The van der Waals surface area contributed by atoms with Gasteiger partial charge >= 0.3 is 0 Å². The molecule has 4 heteroatoms. The van der Waals surface area contributed by atoms with E-state index >= 15 is 0 Å². The van der Waals surface area contributed by atoms with Crippen molar-refractivity contribution in [3.05, 3.63) is 39.3 Å². The normalized spacial score (nSPS) is 12.9. The van der Waals surface area contributed by atoms with Gasteiger partial charge in [-0.25, -0.2) is 0 Å². The summed E-state index contributed by atoms with van der Waals surface area (Å²) >= 11 is 1.75. The quantitative estimate of drug-likeness (QED) is 0.901. The van der Waals surface area contributed by atoms with E-state index in [1.165, 1.54) is 16.8 Å². The van der Waals surface area contributed by atoms with Crippen molar-refractivity contribution in [2.75, 3.05) is 0 Å². The average Bonchev–Trinajstić information content (AvgIpc) is 2.92. The summed E-state index contributed by atoms with van der Waals surface area (Å²) in [6.07, 6.45) is 3.03. The minimum absolute atomic E-state index is 0.214. The van der Waals surface area contributed by atoms with Crippen molar-refractivity contribution < 1.29 is 0 Å². The highest BCUT2D eigenvalue weighted by Crippen LogP contribution is 2.16. The Balaban J connectivity index is 1.92. The molecule has 1 unspecified atom stereocenters. The number of nitrogens with two attached hydrogens (primary N) is 1. The zero-order valence-corrected chi connectivity index (χ0v) is 12.1. The van der Waals surface area contributed by atoms with Gasteiger partial charge in [0.2, 0.25) is 0 Å². The molecular formula is C14H21N3S. The SMILES string of the molecule is Cc1nn(C)c(C)c1CC(N)CCc1ccsc1. The van der Waals surface area contributed by atoms with Gasteiger partial charge in [-0.2, -0.15) is 16.4 Å². The third kappa shape index (κ3) is 3.00. The van der Waals surface area contributed by atoms with Gasteiger partial charge in [0, 0.05) is 18.8 Å². The molecule has 0 aliphatic rings. The van der Waals surface area contributed by atoms with E-state index in [0.717, 1.165) is 25.0 Å². The van der Waals surface area contributed by atoms with Crippen molar-refractivity contribution in [1.82, 2.24) is 9.78 Å². The predicted molar refractivity (Wildman–Crippen MR) is 77.0 cm³/mol. The monoisotopic (exact) mass is 263 g/mol. The molecule has 0 aromatic carbocycles. The van der Waals surface area contributed by atoms with E-state index in [9.17, 15) is 0 Å². The molecule has 0 spiro atoms. The summed E-state index contributed by atoms with van der Waals surface area (Å²) in [5.74, 6) is 0. The second-order valence-corrected chi connectivity index (χ2v) is 5.69. The molecule has 0 saturated heterocycles. The van der Waals surface area contributed by atoms with Crippen LogP contribution in [0, 0.1) is 13.8 Å². The Kier molecular flexibility index (Phi) is 4.19. The summed E-state index contributed by atoms with van der Waals surface area (Å²) in [5, 5.41) is 8.76. The molecule has 2 aromatic rings. The molecule has 3 nitrogen and oxygen atoms in total. The number of rotatable bonds is 5. The Bertz CT molecular complexity index is 499. The van der Waals surface area contributed by atoms with E-state index in [-0.39, 0.29) is 6.04 Å². The van der Waals surface area contributed by atoms with Gasteiger partial charge in [0.25, 0.3) is 0 Å². The zero-order chi connectivity index (χ0) is 13.1. The highest BCUT2D eigenvalue weighted by Gasteiger charge is 2.13. The molecule has 0 radical (unpaired) electrons. The molecule has 2 N–H and O–H groups in total. The Hall–Kier alpha value is -1.13. The first-order chi connectivity index (χ1) is 8.58. The van der Waals surface area contributed by atoms with Crippen LogP contribution < -0.4 is 5.73 Å². The Morgan fingerprint density at radius 1 is 1.44 bits per heavy atom. The van der Waals surface area contributed by atoms with Gasteiger partial charge in [0.1, 0.15) is 0 Å². The maximum atomic E-state index is 6.24. The molecule has 0 aliphatic carbocycles. The first kappa shape index (κ1) is 13.3. The molecule has 0 aliphatic heterocycles. The molecule has 0 bridgehead atoms. The van der Waals surface area contributed by atoms with Crippen molar-refractivity contribution in [2.24, 2.45) is 12.8 Å². The van der Waals surface area contributed by atoms with Crippen LogP contribution in [0.3, 0.4) is 0 Å². The maximum absolute atomic E-state index is 6.24. The van der Waals surface area contributed by atoms with Crippen LogP contribution in [0.4, 0.5) is 0 Å². The Morgan fingerprint density at radius 2 is 2.22 bits per heavy atom. The fraction of sp³-hybridized carbons (Fsp3) is 0.500. The van der Waals surface area contributed by atoms with E-state index in [1.54, 1.807) is 11.3 Å². The molecule has 0 amide bonds. The van der Waals surface area contributed by atoms with E-state index in [0.29, 0.717) is 0 Å². The van der Waals surface area contributed by atoms with Crippen molar-refractivity contribution in [1.29, 1.82) is 0 Å². The van der Waals surface area contributed by atoms with Gasteiger partial charge in [-0.3, -0.25) is 4.68 Å². The van der Waals surface area contributed by atoms with E-state index in [1.807, 2.05) is 11.7 Å². The van der Waals surface area contributed by atoms with E-state index < -0.39 is 0 Å². The summed E-state index contributed by atoms with van der Waals surface area (Å²) < 4.78 is 1.94. The first-order valence-corrected chi connectivity index (χ1v) is 7.28. The van der Waals surface area contributed by atoms with Gasteiger partial charge in [-0.1, -0.05) is 0 Å². The minimum atomic E-state index is 0.214. The first-order valence-electron chi connectivity index (χ1n) is 6.33.